The first-order valence-corrected chi connectivity index (χ1v) is 13.6. The van der Waals surface area contributed by atoms with Gasteiger partial charge >= 0.3 is 0 Å². The lowest BCUT2D eigenvalue weighted by molar-refractivity contribution is 0.0634. The summed E-state index contributed by atoms with van der Waals surface area (Å²) in [6, 6.07) is 15.1. The third kappa shape index (κ3) is 5.71. The molecule has 4 rings (SSSR count). The van der Waals surface area contributed by atoms with E-state index >= 15 is 0 Å². The maximum absolute atomic E-state index is 13.9. The molecule has 37 heavy (non-hydrogen) atoms. The van der Waals surface area contributed by atoms with E-state index in [2.05, 4.69) is 4.90 Å². The lowest BCUT2D eigenvalue weighted by atomic mass is 10.0. The Morgan fingerprint density at radius 3 is 2.41 bits per heavy atom. The predicted octanol–water partition coefficient (Wildman–Crippen LogP) is 6.00. The number of Topliss-reactive ketones (excluding diaryl/α,β-unsaturated/α-hetero) is 1. The lowest BCUT2D eigenvalue weighted by Crippen LogP contribution is -2.59. The second-order valence-electron chi connectivity index (χ2n) is 8.81. The zero-order valence-corrected chi connectivity index (χ0v) is 22.4. The molecule has 0 spiro atoms. The number of hydrogen-bond acceptors (Lipinski definition) is 4. The van der Waals surface area contributed by atoms with Crippen molar-refractivity contribution in [2.75, 3.05) is 23.7 Å². The van der Waals surface area contributed by atoms with E-state index in [0.717, 1.165) is 17.8 Å². The highest BCUT2D eigenvalue weighted by Crippen LogP contribution is 2.29. The monoisotopic (exact) mass is 564 g/mol. The molecule has 3 aromatic carbocycles. The molecule has 0 radical (unpaired) electrons. The second kappa shape index (κ2) is 11.3. The molecule has 0 bridgehead atoms. The molecule has 0 aromatic heterocycles. The minimum atomic E-state index is -1.92. The van der Waals surface area contributed by atoms with Gasteiger partial charge in [0.25, 0.3) is 5.91 Å². The van der Waals surface area contributed by atoms with Gasteiger partial charge in [-0.15, -0.1) is 0 Å². The van der Waals surface area contributed by atoms with E-state index < -0.39 is 39.5 Å². The van der Waals surface area contributed by atoms with Crippen LogP contribution in [-0.2, 0) is 10.8 Å². The maximum atomic E-state index is 13.9. The second-order valence-corrected chi connectivity index (χ2v) is 11.1. The van der Waals surface area contributed by atoms with Gasteiger partial charge in [0, 0.05) is 41.4 Å². The van der Waals surface area contributed by atoms with Crippen LogP contribution in [0, 0.1) is 11.6 Å². The number of nitrogens with zero attached hydrogens (tertiary/aromatic N) is 2. The Bertz CT molecular complexity index is 1390. The molecular formula is C27H24Cl2F2N2O3S. The molecule has 1 fully saturated rings. The topological polar surface area (TPSA) is 57.7 Å². The summed E-state index contributed by atoms with van der Waals surface area (Å²) in [6.07, 6.45) is 0. The van der Waals surface area contributed by atoms with Crippen molar-refractivity contribution in [3.05, 3.63) is 93.5 Å². The Kier molecular flexibility index (Phi) is 8.31. The number of carbonyl (C=O) groups is 2. The van der Waals surface area contributed by atoms with Crippen molar-refractivity contribution in [2.45, 2.75) is 30.8 Å². The average Bonchev–Trinajstić information content (AvgIpc) is 2.86. The molecule has 0 aliphatic carbocycles. The van der Waals surface area contributed by atoms with Gasteiger partial charge in [0.15, 0.2) is 17.4 Å². The highest BCUT2D eigenvalue weighted by molar-refractivity contribution is 7.86. The highest BCUT2D eigenvalue weighted by atomic mass is 35.5. The molecule has 3 aromatic rings. The number of hydrogen-bond donors (Lipinski definition) is 0. The van der Waals surface area contributed by atoms with Crippen LogP contribution in [0.1, 0.15) is 34.6 Å². The molecular weight excluding hydrogens is 541 g/mol. The molecule has 10 heteroatoms. The zero-order valence-electron chi connectivity index (χ0n) is 20.1. The SMILES string of the molecule is C[C@H]1[C@H](C)N(c2cccc(Cl)c2)CCN1C(=O)c1ccc(S(=O)CC(=O)c2cccc(F)c2F)c(Cl)c1. The van der Waals surface area contributed by atoms with Gasteiger partial charge in [-0.05, 0) is 62.4 Å². The van der Waals surface area contributed by atoms with Crippen molar-refractivity contribution >= 4 is 51.4 Å². The first kappa shape index (κ1) is 27.2. The summed E-state index contributed by atoms with van der Waals surface area (Å²) in [4.78, 5) is 29.8. The van der Waals surface area contributed by atoms with E-state index in [1.165, 1.54) is 24.3 Å². The van der Waals surface area contributed by atoms with Crippen LogP contribution >= 0.6 is 23.2 Å². The Hall–Kier alpha value is -2.81. The van der Waals surface area contributed by atoms with Crippen LogP contribution in [0.25, 0.3) is 0 Å². The summed E-state index contributed by atoms with van der Waals surface area (Å²) < 4.78 is 40.2. The van der Waals surface area contributed by atoms with Crippen LogP contribution in [-0.4, -0.2) is 51.7 Å². The van der Waals surface area contributed by atoms with E-state index in [-0.39, 0.29) is 27.9 Å². The van der Waals surface area contributed by atoms with Gasteiger partial charge in [-0.25, -0.2) is 8.78 Å². The van der Waals surface area contributed by atoms with Crippen LogP contribution in [0.4, 0.5) is 14.5 Å². The lowest BCUT2D eigenvalue weighted by Gasteiger charge is -2.46. The minimum Gasteiger partial charge on any atom is -0.365 e. The molecule has 1 saturated heterocycles. The molecule has 1 unspecified atom stereocenters. The molecule has 194 valence electrons. The number of carbonyl (C=O) groups excluding carboxylic acids is 2. The van der Waals surface area contributed by atoms with Crippen molar-refractivity contribution in [3.8, 4) is 0 Å². The number of benzene rings is 3. The van der Waals surface area contributed by atoms with Crippen molar-refractivity contribution in [1.29, 1.82) is 0 Å². The molecule has 1 aliphatic rings. The van der Waals surface area contributed by atoms with Crippen LogP contribution in [0.2, 0.25) is 10.0 Å². The Balaban J connectivity index is 1.47. The van der Waals surface area contributed by atoms with E-state index in [4.69, 9.17) is 23.2 Å². The molecule has 1 amide bonds. The third-order valence-electron chi connectivity index (χ3n) is 6.60. The number of anilines is 1. The molecule has 0 N–H and O–H groups in total. The van der Waals surface area contributed by atoms with E-state index in [9.17, 15) is 22.6 Å². The number of halogens is 4. The quantitative estimate of drug-likeness (QED) is 0.344. The van der Waals surface area contributed by atoms with Gasteiger partial charge < -0.3 is 9.80 Å². The Morgan fingerprint density at radius 2 is 1.70 bits per heavy atom. The first-order chi connectivity index (χ1) is 17.6. The standard InChI is InChI=1S/C27H24Cl2F2N2O3S/c1-16-17(2)33(12-11-32(16)20-6-3-5-19(28)14-20)27(35)18-9-10-25(22(29)13-18)37(36)15-24(34)21-7-4-8-23(30)26(21)31/h3-10,13-14,16-17H,11-12,15H2,1-2H3/t16-,17-,37?/m0/s1. The summed E-state index contributed by atoms with van der Waals surface area (Å²) in [7, 11) is -1.92. The van der Waals surface area contributed by atoms with Crippen molar-refractivity contribution < 1.29 is 22.6 Å². The van der Waals surface area contributed by atoms with E-state index in [1.54, 1.807) is 4.90 Å². The van der Waals surface area contributed by atoms with Crippen LogP contribution in [0.15, 0.2) is 65.6 Å². The smallest absolute Gasteiger partial charge is 0.254 e. The van der Waals surface area contributed by atoms with Crippen molar-refractivity contribution in [2.24, 2.45) is 0 Å². The average molecular weight is 565 g/mol. The number of amides is 1. The number of ketones is 1. The van der Waals surface area contributed by atoms with Gasteiger partial charge in [0.05, 0.1) is 32.0 Å². The summed E-state index contributed by atoms with van der Waals surface area (Å²) in [6.45, 7) is 5.12. The summed E-state index contributed by atoms with van der Waals surface area (Å²) in [5.74, 6) is -4.05. The van der Waals surface area contributed by atoms with Gasteiger partial charge in [0.1, 0.15) is 0 Å². The minimum absolute atomic E-state index is 0.0210. The van der Waals surface area contributed by atoms with Gasteiger partial charge in [-0.1, -0.05) is 35.3 Å². The normalized spacial score (nSPS) is 18.5. The van der Waals surface area contributed by atoms with Crippen LogP contribution in [0.5, 0.6) is 0 Å². The number of rotatable bonds is 6. The van der Waals surface area contributed by atoms with E-state index in [1.807, 2.05) is 38.1 Å². The van der Waals surface area contributed by atoms with E-state index in [0.29, 0.717) is 23.7 Å². The van der Waals surface area contributed by atoms with Crippen molar-refractivity contribution in [3.63, 3.8) is 0 Å². The Labute approximate surface area is 226 Å². The van der Waals surface area contributed by atoms with Gasteiger partial charge in [-0.2, -0.15) is 0 Å². The molecule has 0 saturated carbocycles. The fraction of sp³-hybridized carbons (Fsp3) is 0.259. The van der Waals surface area contributed by atoms with Gasteiger partial charge in [-0.3, -0.25) is 13.8 Å². The molecule has 3 atom stereocenters. The van der Waals surface area contributed by atoms with Gasteiger partial charge in [0.2, 0.25) is 0 Å². The molecule has 1 heterocycles. The van der Waals surface area contributed by atoms with Crippen LogP contribution in [0.3, 0.4) is 0 Å². The fourth-order valence-electron chi connectivity index (χ4n) is 4.43. The molecule has 5 nitrogen and oxygen atoms in total. The van der Waals surface area contributed by atoms with Crippen molar-refractivity contribution in [1.82, 2.24) is 4.90 Å². The summed E-state index contributed by atoms with van der Waals surface area (Å²) >= 11 is 12.5. The maximum Gasteiger partial charge on any atom is 0.254 e. The Morgan fingerprint density at radius 1 is 0.973 bits per heavy atom. The molecule has 1 aliphatic heterocycles. The third-order valence-corrected chi connectivity index (χ3v) is 8.63. The summed E-state index contributed by atoms with van der Waals surface area (Å²) in [5, 5.41) is 0.695. The van der Waals surface area contributed by atoms with Crippen LogP contribution < -0.4 is 4.90 Å². The summed E-state index contributed by atoms with van der Waals surface area (Å²) in [5.41, 5.74) is 0.835. The predicted molar refractivity (Wildman–Crippen MR) is 142 cm³/mol. The highest BCUT2D eigenvalue weighted by Gasteiger charge is 2.34. The number of piperazine rings is 1. The largest absolute Gasteiger partial charge is 0.365 e. The first-order valence-electron chi connectivity index (χ1n) is 11.6. The zero-order chi connectivity index (χ0) is 26.9. The fourth-order valence-corrected chi connectivity index (χ4v) is 6.10.